The number of thiophene rings is 1. The van der Waals surface area contributed by atoms with Gasteiger partial charge in [-0.25, -0.2) is 18.0 Å². The smallest absolute Gasteiger partial charge is 0.346 e. The van der Waals surface area contributed by atoms with Gasteiger partial charge in [0.15, 0.2) is 0 Å². The molecule has 0 saturated carbocycles. The maximum atomic E-state index is 14.4. The average molecular weight is 322 g/mol. The van der Waals surface area contributed by atoms with Gasteiger partial charge in [-0.2, -0.15) is 0 Å². The summed E-state index contributed by atoms with van der Waals surface area (Å²) in [4.78, 5) is 11.3. The summed E-state index contributed by atoms with van der Waals surface area (Å²) in [7, 11) is 0. The highest BCUT2D eigenvalue weighted by Gasteiger charge is 2.23. The van der Waals surface area contributed by atoms with Crippen LogP contribution in [-0.4, -0.2) is 11.1 Å². The highest BCUT2D eigenvalue weighted by molar-refractivity contribution is 7.21. The predicted octanol–water partition coefficient (Wildman–Crippen LogP) is 4.99. The van der Waals surface area contributed by atoms with Crippen molar-refractivity contribution in [2.75, 3.05) is 0 Å². The third kappa shape index (κ3) is 2.16. The van der Waals surface area contributed by atoms with E-state index in [9.17, 15) is 23.1 Å². The zero-order chi connectivity index (χ0) is 16.0. The molecule has 0 saturated heterocycles. The topological polar surface area (TPSA) is 37.3 Å². The first-order valence-corrected chi connectivity index (χ1v) is 7.12. The Morgan fingerprint density at radius 2 is 1.86 bits per heavy atom. The summed E-state index contributed by atoms with van der Waals surface area (Å²) >= 11 is 0.860. The van der Waals surface area contributed by atoms with Gasteiger partial charge in [0.2, 0.25) is 0 Å². The molecular weight excluding hydrogens is 313 g/mol. The molecule has 112 valence electrons. The molecule has 1 N–H and O–H groups in total. The molecule has 3 rings (SSSR count). The number of rotatable bonds is 2. The second kappa shape index (κ2) is 5.14. The number of carboxylic acid groups (broad SMARTS) is 1. The van der Waals surface area contributed by atoms with Crippen molar-refractivity contribution in [3.8, 4) is 11.1 Å². The Balaban J connectivity index is 2.41. The van der Waals surface area contributed by atoms with Crippen LogP contribution in [0.25, 0.3) is 21.2 Å². The van der Waals surface area contributed by atoms with Crippen LogP contribution in [0.1, 0.15) is 15.2 Å². The van der Waals surface area contributed by atoms with Crippen molar-refractivity contribution >= 4 is 27.4 Å². The molecule has 2 aromatic carbocycles. The molecule has 0 spiro atoms. The molecule has 3 aromatic rings. The van der Waals surface area contributed by atoms with E-state index in [1.54, 1.807) is 0 Å². The summed E-state index contributed by atoms with van der Waals surface area (Å²) < 4.78 is 41.5. The van der Waals surface area contributed by atoms with Crippen molar-refractivity contribution in [3.63, 3.8) is 0 Å². The van der Waals surface area contributed by atoms with E-state index in [0.717, 1.165) is 17.4 Å². The zero-order valence-electron chi connectivity index (χ0n) is 11.3. The predicted molar refractivity (Wildman–Crippen MR) is 78.8 cm³/mol. The first-order chi connectivity index (χ1) is 10.4. The van der Waals surface area contributed by atoms with Gasteiger partial charge >= 0.3 is 5.97 Å². The largest absolute Gasteiger partial charge is 0.477 e. The molecule has 0 bridgehead atoms. The molecule has 2 nitrogen and oxygen atoms in total. The van der Waals surface area contributed by atoms with Gasteiger partial charge in [-0.05, 0) is 37.3 Å². The van der Waals surface area contributed by atoms with Crippen LogP contribution in [0.3, 0.4) is 0 Å². The lowest BCUT2D eigenvalue weighted by Crippen LogP contribution is -1.98. The van der Waals surface area contributed by atoms with Crippen LogP contribution < -0.4 is 0 Å². The second-order valence-electron chi connectivity index (χ2n) is 4.79. The number of benzene rings is 2. The van der Waals surface area contributed by atoms with Gasteiger partial charge in [-0.1, -0.05) is 0 Å². The Kier molecular flexibility index (Phi) is 3.41. The van der Waals surface area contributed by atoms with E-state index in [1.807, 2.05) is 0 Å². The highest BCUT2D eigenvalue weighted by atomic mass is 32.1. The molecule has 6 heteroatoms. The molecule has 0 aliphatic rings. The standard InChI is InChI=1S/C16H9F3O2S/c1-7-11(18)5-4-10(14(7)19)13-9-3-2-8(17)6-12(9)22-15(13)16(20)21/h2-6H,1H3,(H,20,21). The van der Waals surface area contributed by atoms with Gasteiger partial charge in [-0.15, -0.1) is 11.3 Å². The third-order valence-corrected chi connectivity index (χ3v) is 4.58. The quantitative estimate of drug-likeness (QED) is 0.721. The van der Waals surface area contributed by atoms with Crippen molar-refractivity contribution < 1.29 is 23.1 Å². The summed E-state index contributed by atoms with van der Waals surface area (Å²) in [5.41, 5.74) is -0.0439. The van der Waals surface area contributed by atoms with Crippen LogP contribution in [0.4, 0.5) is 13.2 Å². The van der Waals surface area contributed by atoms with Gasteiger partial charge < -0.3 is 5.11 Å². The van der Waals surface area contributed by atoms with Crippen molar-refractivity contribution in [2.45, 2.75) is 6.92 Å². The summed E-state index contributed by atoms with van der Waals surface area (Å²) in [5.74, 6) is -3.26. The molecule has 0 aliphatic heterocycles. The van der Waals surface area contributed by atoms with Crippen molar-refractivity contribution in [2.24, 2.45) is 0 Å². The Morgan fingerprint density at radius 1 is 1.14 bits per heavy atom. The van der Waals surface area contributed by atoms with Crippen molar-refractivity contribution in [1.82, 2.24) is 0 Å². The van der Waals surface area contributed by atoms with E-state index in [2.05, 4.69) is 0 Å². The number of aromatic carboxylic acids is 1. The Hall–Kier alpha value is -2.34. The number of carboxylic acids is 1. The summed E-state index contributed by atoms with van der Waals surface area (Å²) in [5, 5.41) is 9.76. The van der Waals surface area contributed by atoms with E-state index in [0.29, 0.717) is 10.1 Å². The molecular formula is C16H9F3O2S. The van der Waals surface area contributed by atoms with E-state index < -0.39 is 23.4 Å². The second-order valence-corrected chi connectivity index (χ2v) is 5.84. The minimum atomic E-state index is -1.24. The van der Waals surface area contributed by atoms with Crippen LogP contribution in [0.2, 0.25) is 0 Å². The average Bonchev–Trinajstić information content (AvgIpc) is 2.83. The van der Waals surface area contributed by atoms with Gasteiger partial charge in [0.05, 0.1) is 0 Å². The van der Waals surface area contributed by atoms with Crippen LogP contribution in [0.15, 0.2) is 30.3 Å². The van der Waals surface area contributed by atoms with E-state index in [4.69, 9.17) is 0 Å². The molecule has 0 amide bonds. The van der Waals surface area contributed by atoms with Crippen LogP contribution in [0.5, 0.6) is 0 Å². The van der Waals surface area contributed by atoms with E-state index >= 15 is 0 Å². The maximum Gasteiger partial charge on any atom is 0.346 e. The maximum absolute atomic E-state index is 14.4. The molecule has 1 heterocycles. The van der Waals surface area contributed by atoms with Crippen molar-refractivity contribution in [1.29, 1.82) is 0 Å². The summed E-state index contributed by atoms with van der Waals surface area (Å²) in [6.45, 7) is 1.28. The number of fused-ring (bicyclic) bond motifs is 1. The Labute approximate surface area is 127 Å². The molecule has 0 atom stereocenters. The zero-order valence-corrected chi connectivity index (χ0v) is 12.1. The van der Waals surface area contributed by atoms with Gasteiger partial charge in [-0.3, -0.25) is 0 Å². The number of hydrogen-bond donors (Lipinski definition) is 1. The lowest BCUT2D eigenvalue weighted by atomic mass is 9.99. The van der Waals surface area contributed by atoms with E-state index in [1.165, 1.54) is 31.2 Å². The Morgan fingerprint density at radius 3 is 2.55 bits per heavy atom. The van der Waals surface area contributed by atoms with Gasteiger partial charge in [0.25, 0.3) is 0 Å². The van der Waals surface area contributed by atoms with Crippen molar-refractivity contribution in [3.05, 3.63) is 58.2 Å². The third-order valence-electron chi connectivity index (χ3n) is 3.44. The minimum absolute atomic E-state index is 0.00541. The van der Waals surface area contributed by atoms with Gasteiger partial charge in [0, 0.05) is 26.8 Å². The van der Waals surface area contributed by atoms with Gasteiger partial charge in [0.1, 0.15) is 22.3 Å². The number of hydrogen-bond acceptors (Lipinski definition) is 2. The molecule has 1 aromatic heterocycles. The fourth-order valence-electron chi connectivity index (χ4n) is 2.34. The molecule has 0 unspecified atom stereocenters. The minimum Gasteiger partial charge on any atom is -0.477 e. The fourth-order valence-corrected chi connectivity index (χ4v) is 3.42. The normalized spacial score (nSPS) is 11.1. The van der Waals surface area contributed by atoms with Crippen LogP contribution in [-0.2, 0) is 0 Å². The number of halogens is 3. The van der Waals surface area contributed by atoms with Crippen LogP contribution >= 0.6 is 11.3 Å². The molecule has 0 fully saturated rings. The number of carbonyl (C=O) groups is 1. The SMILES string of the molecule is Cc1c(F)ccc(-c2c(C(=O)O)sc3cc(F)ccc23)c1F. The van der Waals surface area contributed by atoms with E-state index in [-0.39, 0.29) is 21.6 Å². The fraction of sp³-hybridized carbons (Fsp3) is 0.0625. The monoisotopic (exact) mass is 322 g/mol. The first kappa shape index (κ1) is 14.6. The lowest BCUT2D eigenvalue weighted by molar-refractivity contribution is 0.0703. The summed E-state index contributed by atoms with van der Waals surface area (Å²) in [6.07, 6.45) is 0. The molecule has 0 aliphatic carbocycles. The molecule has 22 heavy (non-hydrogen) atoms. The van der Waals surface area contributed by atoms with Crippen LogP contribution in [0, 0.1) is 24.4 Å². The lowest BCUT2D eigenvalue weighted by Gasteiger charge is -2.07. The highest BCUT2D eigenvalue weighted by Crippen LogP contribution is 2.40. The first-order valence-electron chi connectivity index (χ1n) is 6.30. The molecule has 0 radical (unpaired) electrons. The Bertz CT molecular complexity index is 915. The summed E-state index contributed by atoms with van der Waals surface area (Å²) in [6, 6.07) is 6.07.